The van der Waals surface area contributed by atoms with Gasteiger partial charge in [-0.3, -0.25) is 0 Å². The lowest BCUT2D eigenvalue weighted by Gasteiger charge is -2.55. The van der Waals surface area contributed by atoms with E-state index in [-0.39, 0.29) is 27.3 Å². The lowest BCUT2D eigenvalue weighted by molar-refractivity contribution is -0.869. The summed E-state index contributed by atoms with van der Waals surface area (Å²) in [6.45, 7) is 2.54. The van der Waals surface area contributed by atoms with Gasteiger partial charge in [0.05, 0.1) is 31.3 Å². The summed E-state index contributed by atoms with van der Waals surface area (Å²) in [6, 6.07) is 16.0. The van der Waals surface area contributed by atoms with Crippen molar-refractivity contribution in [2.75, 3.05) is 14.1 Å². The molecular weight excluding hydrogens is 418 g/mol. The summed E-state index contributed by atoms with van der Waals surface area (Å²) in [5.41, 5.74) is 4.31. The fourth-order valence-electron chi connectivity index (χ4n) is 8.89. The predicted molar refractivity (Wildman–Crippen MR) is 137 cm³/mol. The summed E-state index contributed by atoms with van der Waals surface area (Å²) in [5.74, 6) is 1.11. The van der Waals surface area contributed by atoms with Crippen LogP contribution in [0.4, 0.5) is 0 Å². The smallest absolute Gasteiger partial charge is 0.0975 e. The summed E-state index contributed by atoms with van der Waals surface area (Å²) in [7, 11) is 3.63. The van der Waals surface area contributed by atoms with Gasteiger partial charge in [0.25, 0.3) is 0 Å². The maximum Gasteiger partial charge on any atom is 0.0975 e. The molecule has 2 spiro atoms. The van der Waals surface area contributed by atoms with Gasteiger partial charge in [0.1, 0.15) is 0 Å². The summed E-state index contributed by atoms with van der Waals surface area (Å²) in [4.78, 5) is 0. The highest BCUT2D eigenvalue weighted by atomic mass is 16.5. The molecule has 3 fully saturated rings. The minimum Gasteiger partial charge on any atom is -0.633 e. The molecule has 3 nitrogen and oxygen atoms in total. The Kier molecular flexibility index (Phi) is 4.29. The van der Waals surface area contributed by atoms with Crippen LogP contribution >= 0.6 is 0 Å². The SMILES string of the molecule is C[C@]12CC=C3C=C4CC[C@H]([N+](C)(C)[O-])C[C@]45CC[C@]3(O5)[C@@H]1CC[C@@H]2c1ccc2ccccc2c1. The lowest BCUT2D eigenvalue weighted by atomic mass is 9.58. The number of quaternary nitrogens is 1. The van der Waals surface area contributed by atoms with Gasteiger partial charge in [-0.05, 0) is 83.3 Å². The number of rotatable bonds is 2. The number of hydroxylamine groups is 3. The Morgan fingerprint density at radius 3 is 2.65 bits per heavy atom. The van der Waals surface area contributed by atoms with Gasteiger partial charge in [0.15, 0.2) is 0 Å². The molecule has 2 heterocycles. The molecule has 0 N–H and O–H groups in total. The molecule has 7 rings (SSSR count). The first kappa shape index (κ1) is 21.4. The molecule has 6 atom stereocenters. The van der Waals surface area contributed by atoms with Crippen molar-refractivity contribution in [1.82, 2.24) is 0 Å². The predicted octanol–water partition coefficient (Wildman–Crippen LogP) is 7.02. The molecule has 0 amide bonds. The normalized spacial score (nSPS) is 40.9. The molecule has 0 unspecified atom stereocenters. The van der Waals surface area contributed by atoms with E-state index < -0.39 is 0 Å². The van der Waals surface area contributed by atoms with Crippen LogP contribution in [0.3, 0.4) is 0 Å². The van der Waals surface area contributed by atoms with Crippen molar-refractivity contribution >= 4 is 10.8 Å². The average Bonchev–Trinajstić information content (AvgIpc) is 3.33. The van der Waals surface area contributed by atoms with Crippen molar-refractivity contribution < 1.29 is 9.38 Å². The van der Waals surface area contributed by atoms with Crippen LogP contribution < -0.4 is 0 Å². The molecular formula is C31H37NO2. The number of nitrogens with zero attached hydrogens (tertiary/aromatic N) is 1. The Labute approximate surface area is 203 Å². The number of hydrogen-bond donors (Lipinski definition) is 0. The van der Waals surface area contributed by atoms with Crippen LogP contribution in [0, 0.1) is 16.5 Å². The van der Waals surface area contributed by atoms with Gasteiger partial charge in [-0.25, -0.2) is 0 Å². The van der Waals surface area contributed by atoms with E-state index in [2.05, 4.69) is 61.5 Å². The number of benzene rings is 2. The molecule has 3 aliphatic carbocycles. The summed E-state index contributed by atoms with van der Waals surface area (Å²) < 4.78 is 7.16. The first-order valence-corrected chi connectivity index (χ1v) is 13.4. The third-order valence-corrected chi connectivity index (χ3v) is 10.7. The van der Waals surface area contributed by atoms with Crippen LogP contribution in [0.5, 0.6) is 0 Å². The van der Waals surface area contributed by atoms with Crippen molar-refractivity contribution in [3.63, 3.8) is 0 Å². The van der Waals surface area contributed by atoms with Gasteiger partial charge in [0.2, 0.25) is 0 Å². The Bertz CT molecular complexity index is 1240. The lowest BCUT2D eigenvalue weighted by Crippen LogP contribution is -2.56. The van der Waals surface area contributed by atoms with E-state index in [9.17, 15) is 5.21 Å². The van der Waals surface area contributed by atoms with Crippen LogP contribution in [-0.4, -0.2) is 36.0 Å². The summed E-state index contributed by atoms with van der Waals surface area (Å²) in [5, 5.41) is 15.5. The minimum atomic E-state index is -0.195. The van der Waals surface area contributed by atoms with Gasteiger partial charge >= 0.3 is 0 Å². The highest BCUT2D eigenvalue weighted by molar-refractivity contribution is 5.83. The standard InChI is InChI=1S/C31H37NO2/c1-29-15-14-25-19-24-10-11-26(32(2,3)33)20-30(24)16-17-31(25,34-30)28(29)13-12-27(29)23-9-8-21-6-4-5-7-22(21)18-23/h4-9,14,18-19,26-28H,10-13,15-17,20H2,1-3H3/t26-,27+,28+,29+,30+,31+/m0/s1. The van der Waals surface area contributed by atoms with Crippen LogP contribution in [0.1, 0.15) is 69.8 Å². The molecule has 1 saturated heterocycles. The van der Waals surface area contributed by atoms with E-state index in [1.54, 1.807) is 0 Å². The molecule has 2 saturated carbocycles. The minimum absolute atomic E-state index is 0.140. The zero-order valence-corrected chi connectivity index (χ0v) is 20.8. The molecule has 2 aromatic rings. The Morgan fingerprint density at radius 2 is 1.82 bits per heavy atom. The van der Waals surface area contributed by atoms with Gasteiger partial charge in [0, 0.05) is 12.8 Å². The Hall–Kier alpha value is -1.94. The Balaban J connectivity index is 1.27. The number of fused-ring (bicyclic) bond motifs is 2. The molecule has 3 heteroatoms. The quantitative estimate of drug-likeness (QED) is 0.360. The van der Waals surface area contributed by atoms with Crippen molar-refractivity contribution in [2.24, 2.45) is 11.3 Å². The summed E-state index contributed by atoms with van der Waals surface area (Å²) in [6.07, 6.45) is 13.8. The highest BCUT2D eigenvalue weighted by Crippen LogP contribution is 2.69. The van der Waals surface area contributed by atoms with Crippen molar-refractivity contribution in [2.45, 2.75) is 81.5 Å². The fourth-order valence-corrected chi connectivity index (χ4v) is 8.89. The monoisotopic (exact) mass is 455 g/mol. The molecule has 178 valence electrons. The molecule has 0 aromatic heterocycles. The van der Waals surface area contributed by atoms with Crippen LogP contribution in [0.15, 0.2) is 65.8 Å². The fraction of sp³-hybridized carbons (Fsp3) is 0.548. The van der Waals surface area contributed by atoms with E-state index >= 15 is 0 Å². The zero-order chi connectivity index (χ0) is 23.3. The molecule has 0 radical (unpaired) electrons. The second-order valence-electron chi connectivity index (χ2n) is 12.6. The maximum absolute atomic E-state index is 12.9. The molecule has 5 aliphatic rings. The van der Waals surface area contributed by atoms with Crippen LogP contribution in [0.2, 0.25) is 0 Å². The second-order valence-corrected chi connectivity index (χ2v) is 12.6. The van der Waals surface area contributed by atoms with E-state index in [4.69, 9.17) is 4.74 Å². The first-order valence-electron chi connectivity index (χ1n) is 13.4. The highest BCUT2D eigenvalue weighted by Gasteiger charge is 2.67. The van der Waals surface area contributed by atoms with E-state index in [0.29, 0.717) is 11.8 Å². The maximum atomic E-state index is 12.9. The van der Waals surface area contributed by atoms with Crippen LogP contribution in [-0.2, 0) is 4.74 Å². The van der Waals surface area contributed by atoms with E-state index in [1.807, 2.05) is 14.1 Å². The molecule has 2 aliphatic heterocycles. The van der Waals surface area contributed by atoms with Crippen molar-refractivity contribution in [3.05, 3.63) is 76.5 Å². The molecule has 34 heavy (non-hydrogen) atoms. The van der Waals surface area contributed by atoms with Crippen molar-refractivity contribution in [3.8, 4) is 0 Å². The van der Waals surface area contributed by atoms with Gasteiger partial charge < -0.3 is 14.6 Å². The largest absolute Gasteiger partial charge is 0.633 e. The molecule has 2 aromatic carbocycles. The second kappa shape index (κ2) is 6.84. The summed E-state index contributed by atoms with van der Waals surface area (Å²) >= 11 is 0. The first-order chi connectivity index (χ1) is 16.2. The third kappa shape index (κ3) is 2.75. The number of ether oxygens (including phenoxy) is 1. The van der Waals surface area contributed by atoms with E-state index in [0.717, 1.165) is 38.5 Å². The van der Waals surface area contributed by atoms with Crippen LogP contribution in [0.25, 0.3) is 10.8 Å². The average molecular weight is 456 g/mol. The number of hydrogen-bond acceptors (Lipinski definition) is 2. The van der Waals surface area contributed by atoms with E-state index in [1.165, 1.54) is 40.3 Å². The van der Waals surface area contributed by atoms with Gasteiger partial charge in [-0.1, -0.05) is 61.5 Å². The molecule has 2 bridgehead atoms. The van der Waals surface area contributed by atoms with Gasteiger partial charge in [-0.15, -0.1) is 0 Å². The Morgan fingerprint density at radius 1 is 1.00 bits per heavy atom. The topological polar surface area (TPSA) is 32.3 Å². The number of allylic oxidation sites excluding steroid dienone is 1. The van der Waals surface area contributed by atoms with Crippen molar-refractivity contribution in [1.29, 1.82) is 0 Å². The zero-order valence-electron chi connectivity index (χ0n) is 20.8. The third-order valence-electron chi connectivity index (χ3n) is 10.7. The van der Waals surface area contributed by atoms with Gasteiger partial charge in [-0.2, -0.15) is 0 Å².